The summed E-state index contributed by atoms with van der Waals surface area (Å²) in [6.07, 6.45) is 10.5. The number of carbonyl (C=O) groups is 2. The van der Waals surface area contributed by atoms with Gasteiger partial charge in [-0.1, -0.05) is 0 Å². The average molecular weight is 342 g/mol. The molecule has 0 amide bonds. The SMILES string of the molecule is O=C([O-])CC(=O)[O-].[K+].[K+].[Li][CH](C)CCCCCCCCC. The third kappa shape index (κ3) is 39.5. The topological polar surface area (TPSA) is 80.3 Å². The Morgan fingerprint density at radius 2 is 1.29 bits per heavy atom. The van der Waals surface area contributed by atoms with E-state index in [2.05, 4.69) is 31.6 Å². The van der Waals surface area contributed by atoms with Gasteiger partial charge in [0, 0.05) is 18.4 Å². The number of aliphatic carboxylic acids is 2. The molecule has 0 aromatic carbocycles. The molecule has 1 atom stereocenters. The first-order chi connectivity index (χ1) is 8.90. The molecule has 0 radical (unpaired) electrons. The van der Waals surface area contributed by atoms with Crippen LogP contribution in [-0.4, -0.2) is 29.7 Å². The molecule has 7 heteroatoms. The van der Waals surface area contributed by atoms with E-state index in [0.717, 1.165) is 4.59 Å². The first kappa shape index (κ1) is 31.6. The maximum atomic E-state index is 9.28. The van der Waals surface area contributed by atoms with Crippen LogP contribution in [0.25, 0.3) is 0 Å². The molecule has 0 saturated heterocycles. The summed E-state index contributed by atoms with van der Waals surface area (Å²) in [6.45, 7) is 4.59. The second-order valence-corrected chi connectivity index (χ2v) is 5.22. The first-order valence-corrected chi connectivity index (χ1v) is 7.29. The van der Waals surface area contributed by atoms with Gasteiger partial charge >= 0.3 is 190 Å². The molecule has 0 aliphatic heterocycles. The van der Waals surface area contributed by atoms with E-state index >= 15 is 0 Å². The summed E-state index contributed by atoms with van der Waals surface area (Å²) in [6, 6.07) is 0. The van der Waals surface area contributed by atoms with Crippen LogP contribution in [0.4, 0.5) is 0 Å². The molecule has 21 heavy (non-hydrogen) atoms. The Kier molecular flexibility index (Phi) is 37.7. The zero-order valence-electron chi connectivity index (χ0n) is 14.6. The molecule has 1 unspecified atom stereocenters. The van der Waals surface area contributed by atoms with Crippen molar-refractivity contribution in [2.45, 2.75) is 76.2 Å². The molecule has 108 valence electrons. The van der Waals surface area contributed by atoms with E-state index in [1.807, 2.05) is 0 Å². The van der Waals surface area contributed by atoms with Crippen molar-refractivity contribution in [3.8, 4) is 0 Å². The quantitative estimate of drug-likeness (QED) is 0.226. The second-order valence-electron chi connectivity index (χ2n) is 5.22. The fraction of sp³-hybridized carbons (Fsp3) is 0.857. The zero-order valence-corrected chi connectivity index (χ0v) is 20.8. The summed E-state index contributed by atoms with van der Waals surface area (Å²) in [5, 5.41) is 18.6. The van der Waals surface area contributed by atoms with Crippen molar-refractivity contribution in [3.63, 3.8) is 0 Å². The number of hydrogen-bond acceptors (Lipinski definition) is 4. The van der Waals surface area contributed by atoms with E-state index in [-0.39, 0.29) is 103 Å². The van der Waals surface area contributed by atoms with Crippen LogP contribution >= 0.6 is 0 Å². The van der Waals surface area contributed by atoms with E-state index in [1.165, 1.54) is 51.4 Å². The van der Waals surface area contributed by atoms with E-state index in [0.29, 0.717) is 0 Å². The van der Waals surface area contributed by atoms with E-state index in [4.69, 9.17) is 0 Å². The van der Waals surface area contributed by atoms with Crippen LogP contribution in [0.1, 0.15) is 71.6 Å². The van der Waals surface area contributed by atoms with Gasteiger partial charge in [0.2, 0.25) is 0 Å². The Bertz CT molecular complexity index is 227. The molecule has 0 aliphatic carbocycles. The molecule has 0 aromatic rings. The van der Waals surface area contributed by atoms with Crippen LogP contribution in [0.3, 0.4) is 0 Å². The van der Waals surface area contributed by atoms with Crippen LogP contribution in [-0.2, 0) is 9.59 Å². The van der Waals surface area contributed by atoms with Gasteiger partial charge in [0.25, 0.3) is 0 Å². The van der Waals surface area contributed by atoms with Crippen LogP contribution in [0.2, 0.25) is 4.59 Å². The van der Waals surface area contributed by atoms with Gasteiger partial charge in [-0.05, 0) is 0 Å². The van der Waals surface area contributed by atoms with Crippen molar-refractivity contribution >= 4 is 29.7 Å². The van der Waals surface area contributed by atoms with Crippen LogP contribution < -0.4 is 113 Å². The Labute approximate surface area is 224 Å². The third-order valence-electron chi connectivity index (χ3n) is 2.67. The number of carboxylic acids is 2. The summed E-state index contributed by atoms with van der Waals surface area (Å²) >= 11 is 2.32. The zero-order chi connectivity index (χ0) is 15.1. The fourth-order valence-electron chi connectivity index (χ4n) is 1.63. The van der Waals surface area contributed by atoms with Gasteiger partial charge in [-0.2, -0.15) is 0 Å². The minimum atomic E-state index is -1.63. The predicted molar refractivity (Wildman–Crippen MR) is 72.4 cm³/mol. The van der Waals surface area contributed by atoms with Gasteiger partial charge in [-0.3, -0.25) is 0 Å². The van der Waals surface area contributed by atoms with Gasteiger partial charge < -0.3 is 19.8 Å². The number of rotatable bonds is 10. The molecular formula is C14H25K2LiO4. The molecule has 0 aromatic heterocycles. The standard InChI is InChI=1S/C11H23.C3H4O4.2K.Li/c1-3-5-7-9-11-10-8-6-4-2;4-2(5)1-3(6)7;;;/h3H,4-11H2,1-2H3;1H2,(H,4,5)(H,6,7);;;/q;;2*+1;/p-2. The molecule has 0 heterocycles. The van der Waals surface area contributed by atoms with Crippen molar-refractivity contribution in [3.05, 3.63) is 0 Å². The van der Waals surface area contributed by atoms with Crippen molar-refractivity contribution < 1.29 is 123 Å². The molecule has 0 aliphatic rings. The summed E-state index contributed by atoms with van der Waals surface area (Å²) < 4.78 is 0.903. The molecule has 4 nitrogen and oxygen atoms in total. The van der Waals surface area contributed by atoms with Crippen LogP contribution in [0.5, 0.6) is 0 Å². The van der Waals surface area contributed by atoms with Gasteiger partial charge in [0.05, 0.1) is 0 Å². The fourth-order valence-corrected chi connectivity index (χ4v) is 1.63. The van der Waals surface area contributed by atoms with Gasteiger partial charge in [-0.15, -0.1) is 0 Å². The van der Waals surface area contributed by atoms with E-state index < -0.39 is 18.4 Å². The summed E-state index contributed by atoms with van der Waals surface area (Å²) in [5.41, 5.74) is 0. The summed E-state index contributed by atoms with van der Waals surface area (Å²) in [5.74, 6) is -3.25. The summed E-state index contributed by atoms with van der Waals surface area (Å²) in [7, 11) is 0. The van der Waals surface area contributed by atoms with Gasteiger partial charge in [0.1, 0.15) is 0 Å². The maximum absolute atomic E-state index is 9.28. The van der Waals surface area contributed by atoms with Gasteiger partial charge in [0.15, 0.2) is 0 Å². The van der Waals surface area contributed by atoms with Crippen LogP contribution in [0.15, 0.2) is 0 Å². The Balaban J connectivity index is -0.000000140. The number of carbonyl (C=O) groups excluding carboxylic acids is 2. The number of unbranched alkanes of at least 4 members (excludes halogenated alkanes) is 6. The predicted octanol–water partition coefficient (Wildman–Crippen LogP) is -5.01. The molecule has 0 saturated carbocycles. The molecule has 0 rings (SSSR count). The Hall–Kier alpha value is 2.81. The molecular weight excluding hydrogens is 317 g/mol. The average Bonchev–Trinajstić information content (AvgIpc) is 2.26. The van der Waals surface area contributed by atoms with Crippen LogP contribution in [0, 0.1) is 0 Å². The van der Waals surface area contributed by atoms with E-state index in [9.17, 15) is 19.8 Å². The van der Waals surface area contributed by atoms with Gasteiger partial charge in [-0.25, -0.2) is 0 Å². The van der Waals surface area contributed by atoms with Crippen molar-refractivity contribution in [1.29, 1.82) is 0 Å². The molecule has 0 bridgehead atoms. The normalized spacial score (nSPS) is 10.3. The third-order valence-corrected chi connectivity index (χ3v) is 2.67. The Morgan fingerprint density at radius 1 is 0.905 bits per heavy atom. The summed E-state index contributed by atoms with van der Waals surface area (Å²) in [4.78, 5) is 18.6. The Morgan fingerprint density at radius 3 is 1.57 bits per heavy atom. The monoisotopic (exact) mass is 342 g/mol. The van der Waals surface area contributed by atoms with Crippen molar-refractivity contribution in [2.75, 3.05) is 0 Å². The second kappa shape index (κ2) is 25.1. The van der Waals surface area contributed by atoms with E-state index in [1.54, 1.807) is 0 Å². The molecule has 0 N–H and O–H groups in total. The first-order valence-electron chi connectivity index (χ1n) is 7.29. The van der Waals surface area contributed by atoms with Crippen molar-refractivity contribution in [1.82, 2.24) is 0 Å². The molecule has 0 spiro atoms. The minimum absolute atomic E-state index is 0. The van der Waals surface area contributed by atoms with Crippen molar-refractivity contribution in [2.24, 2.45) is 0 Å². The number of hydrogen-bond donors (Lipinski definition) is 0. The number of carboxylic acid groups (broad SMARTS) is 2. The molecule has 0 fully saturated rings.